The number of carbonyl (C=O) groups excluding carboxylic acids is 1. The lowest BCUT2D eigenvalue weighted by molar-refractivity contribution is -0.121. The zero-order valence-electron chi connectivity index (χ0n) is 7.92. The number of likely N-dealkylation sites (tertiary alicyclic amines) is 1. The normalized spacial score (nSPS) is 37.2. The van der Waals surface area contributed by atoms with Crippen molar-refractivity contribution in [2.45, 2.75) is 44.7 Å². The number of hydrogen-bond donors (Lipinski definition) is 0. The fourth-order valence-electron chi connectivity index (χ4n) is 2.51. The summed E-state index contributed by atoms with van der Waals surface area (Å²) in [6.45, 7) is 1.72. The van der Waals surface area contributed by atoms with Gasteiger partial charge >= 0.3 is 0 Å². The fraction of sp³-hybridized carbons (Fsp3) is 0.900. The highest BCUT2D eigenvalue weighted by Gasteiger charge is 2.41. The zero-order chi connectivity index (χ0) is 8.72. The number of Topliss-reactive ketones (excluding diaryl/α,β-unsaturated/α-hetero) is 1. The van der Waals surface area contributed by atoms with Gasteiger partial charge in [-0.15, -0.1) is 0 Å². The van der Waals surface area contributed by atoms with E-state index in [1.54, 1.807) is 6.92 Å². The summed E-state index contributed by atoms with van der Waals surface area (Å²) >= 11 is 0. The van der Waals surface area contributed by atoms with Gasteiger partial charge in [-0.25, -0.2) is 0 Å². The van der Waals surface area contributed by atoms with Crippen molar-refractivity contribution in [2.24, 2.45) is 5.92 Å². The van der Waals surface area contributed by atoms with Gasteiger partial charge in [0.2, 0.25) is 0 Å². The van der Waals surface area contributed by atoms with Crippen LogP contribution in [-0.4, -0.2) is 29.8 Å². The van der Waals surface area contributed by atoms with Crippen LogP contribution in [0.4, 0.5) is 0 Å². The second-order valence-electron chi connectivity index (χ2n) is 4.27. The molecule has 68 valence electrons. The van der Waals surface area contributed by atoms with Gasteiger partial charge in [0.25, 0.3) is 0 Å². The number of likely N-dealkylation sites (N-methyl/N-ethyl adjacent to an activating group) is 1. The van der Waals surface area contributed by atoms with Crippen molar-refractivity contribution in [1.29, 1.82) is 0 Å². The number of nitrogens with zero attached hydrogens (tertiary/aromatic N) is 1. The van der Waals surface area contributed by atoms with Gasteiger partial charge in [0.05, 0.1) is 6.04 Å². The molecule has 0 N–H and O–H groups in total. The Labute approximate surface area is 73.9 Å². The molecule has 2 rings (SSSR count). The first-order valence-corrected chi connectivity index (χ1v) is 4.92. The van der Waals surface area contributed by atoms with Gasteiger partial charge in [-0.05, 0) is 45.6 Å². The monoisotopic (exact) mass is 167 g/mol. The summed E-state index contributed by atoms with van der Waals surface area (Å²) in [5.74, 6) is 1.26. The molecule has 0 spiro atoms. The number of ketones is 1. The minimum atomic E-state index is 0.232. The van der Waals surface area contributed by atoms with E-state index in [0.29, 0.717) is 5.78 Å². The molecule has 0 aromatic rings. The van der Waals surface area contributed by atoms with Crippen LogP contribution >= 0.6 is 0 Å². The Hall–Kier alpha value is -0.370. The number of carbonyl (C=O) groups is 1. The van der Waals surface area contributed by atoms with Crippen LogP contribution in [0.15, 0.2) is 0 Å². The van der Waals surface area contributed by atoms with Gasteiger partial charge < -0.3 is 0 Å². The minimum absolute atomic E-state index is 0.232. The first kappa shape index (κ1) is 8.24. The van der Waals surface area contributed by atoms with Gasteiger partial charge in [-0.1, -0.05) is 0 Å². The molecular weight excluding hydrogens is 150 g/mol. The molecule has 1 unspecified atom stereocenters. The second kappa shape index (κ2) is 2.84. The summed E-state index contributed by atoms with van der Waals surface area (Å²) < 4.78 is 0. The maximum absolute atomic E-state index is 11.2. The molecule has 2 aliphatic rings. The van der Waals surface area contributed by atoms with Gasteiger partial charge in [-0.3, -0.25) is 9.69 Å². The molecule has 1 saturated heterocycles. The minimum Gasteiger partial charge on any atom is -0.298 e. The van der Waals surface area contributed by atoms with Crippen LogP contribution in [0.5, 0.6) is 0 Å². The van der Waals surface area contributed by atoms with Crippen molar-refractivity contribution in [3.05, 3.63) is 0 Å². The SMILES string of the molecule is CC(=O)[C@@H]1CCC(C2CC2)N1C. The van der Waals surface area contributed by atoms with E-state index in [0.717, 1.165) is 18.4 Å². The highest BCUT2D eigenvalue weighted by atomic mass is 16.1. The van der Waals surface area contributed by atoms with Crippen LogP contribution in [0, 0.1) is 5.92 Å². The van der Waals surface area contributed by atoms with Crippen LogP contribution < -0.4 is 0 Å². The first-order chi connectivity index (χ1) is 5.70. The predicted octanol–water partition coefficient (Wildman–Crippen LogP) is 1.45. The lowest BCUT2D eigenvalue weighted by Crippen LogP contribution is -2.37. The largest absolute Gasteiger partial charge is 0.298 e. The molecule has 1 aliphatic heterocycles. The van der Waals surface area contributed by atoms with Crippen molar-refractivity contribution >= 4 is 5.78 Å². The molecule has 1 heterocycles. The molecule has 1 saturated carbocycles. The first-order valence-electron chi connectivity index (χ1n) is 4.92. The second-order valence-corrected chi connectivity index (χ2v) is 4.27. The molecule has 1 aliphatic carbocycles. The summed E-state index contributed by atoms with van der Waals surface area (Å²) in [4.78, 5) is 13.5. The summed E-state index contributed by atoms with van der Waals surface area (Å²) in [6, 6.07) is 0.953. The molecular formula is C10H17NO. The summed E-state index contributed by atoms with van der Waals surface area (Å²) in [6.07, 6.45) is 5.11. The van der Waals surface area contributed by atoms with E-state index in [9.17, 15) is 4.79 Å². The Morgan fingerprint density at radius 1 is 1.25 bits per heavy atom. The maximum Gasteiger partial charge on any atom is 0.146 e. The molecule has 2 heteroatoms. The Bertz CT molecular complexity index is 198. The molecule has 0 aromatic carbocycles. The molecule has 2 fully saturated rings. The standard InChI is InChI=1S/C10H17NO/c1-7(12)9-5-6-10(11(9)2)8-3-4-8/h8-10H,3-6H2,1-2H3/t9-,10?/m0/s1. The smallest absolute Gasteiger partial charge is 0.146 e. The van der Waals surface area contributed by atoms with Crippen molar-refractivity contribution < 1.29 is 4.79 Å². The van der Waals surface area contributed by atoms with E-state index in [-0.39, 0.29) is 6.04 Å². The molecule has 2 nitrogen and oxygen atoms in total. The molecule has 2 atom stereocenters. The van der Waals surface area contributed by atoms with Crippen LogP contribution in [0.1, 0.15) is 32.6 Å². The van der Waals surface area contributed by atoms with E-state index in [1.165, 1.54) is 19.3 Å². The summed E-state index contributed by atoms with van der Waals surface area (Å²) in [5, 5.41) is 0. The Balaban J connectivity index is 2.00. The van der Waals surface area contributed by atoms with Gasteiger partial charge in [0.15, 0.2) is 0 Å². The van der Waals surface area contributed by atoms with Gasteiger partial charge in [0.1, 0.15) is 5.78 Å². The zero-order valence-corrected chi connectivity index (χ0v) is 7.92. The quantitative estimate of drug-likeness (QED) is 0.620. The lowest BCUT2D eigenvalue weighted by Gasteiger charge is -2.23. The highest BCUT2D eigenvalue weighted by molar-refractivity contribution is 5.81. The lowest BCUT2D eigenvalue weighted by atomic mass is 10.1. The summed E-state index contributed by atoms with van der Waals surface area (Å²) in [5.41, 5.74) is 0. The Morgan fingerprint density at radius 2 is 1.92 bits per heavy atom. The van der Waals surface area contributed by atoms with Gasteiger partial charge in [0, 0.05) is 6.04 Å². The Morgan fingerprint density at radius 3 is 2.33 bits per heavy atom. The molecule has 12 heavy (non-hydrogen) atoms. The van der Waals surface area contributed by atoms with Gasteiger partial charge in [-0.2, -0.15) is 0 Å². The van der Waals surface area contributed by atoms with E-state index >= 15 is 0 Å². The molecule has 0 bridgehead atoms. The van der Waals surface area contributed by atoms with Crippen molar-refractivity contribution in [3.63, 3.8) is 0 Å². The van der Waals surface area contributed by atoms with E-state index in [4.69, 9.17) is 0 Å². The molecule has 0 aromatic heterocycles. The van der Waals surface area contributed by atoms with Crippen LogP contribution in [0.3, 0.4) is 0 Å². The Kier molecular flexibility index (Phi) is 1.95. The summed E-state index contributed by atoms with van der Waals surface area (Å²) in [7, 11) is 2.11. The fourth-order valence-corrected chi connectivity index (χ4v) is 2.51. The average molecular weight is 167 g/mol. The van der Waals surface area contributed by atoms with E-state index in [2.05, 4.69) is 11.9 Å². The van der Waals surface area contributed by atoms with Crippen LogP contribution in [0.25, 0.3) is 0 Å². The van der Waals surface area contributed by atoms with E-state index < -0.39 is 0 Å². The number of hydrogen-bond acceptors (Lipinski definition) is 2. The van der Waals surface area contributed by atoms with Crippen molar-refractivity contribution in [1.82, 2.24) is 4.90 Å². The number of rotatable bonds is 2. The third-order valence-electron chi connectivity index (χ3n) is 3.39. The van der Waals surface area contributed by atoms with Crippen LogP contribution in [-0.2, 0) is 4.79 Å². The van der Waals surface area contributed by atoms with Crippen molar-refractivity contribution in [3.8, 4) is 0 Å². The van der Waals surface area contributed by atoms with Crippen LogP contribution in [0.2, 0.25) is 0 Å². The molecule has 0 amide bonds. The predicted molar refractivity (Wildman–Crippen MR) is 48.0 cm³/mol. The highest BCUT2D eigenvalue weighted by Crippen LogP contribution is 2.41. The van der Waals surface area contributed by atoms with E-state index in [1.807, 2.05) is 0 Å². The topological polar surface area (TPSA) is 20.3 Å². The average Bonchev–Trinajstić information content (AvgIpc) is 2.75. The van der Waals surface area contributed by atoms with Crippen molar-refractivity contribution in [2.75, 3.05) is 7.05 Å². The third-order valence-corrected chi connectivity index (χ3v) is 3.39. The maximum atomic E-state index is 11.2. The molecule has 0 radical (unpaired) electrons. The third kappa shape index (κ3) is 1.28.